The Labute approximate surface area is 355 Å². The highest BCUT2D eigenvalue weighted by Gasteiger charge is 2.51. The first-order valence-electron chi connectivity index (χ1n) is 22.8. The second kappa shape index (κ2) is 35.6. The highest BCUT2D eigenvalue weighted by molar-refractivity contribution is 7.47. The van der Waals surface area contributed by atoms with Gasteiger partial charge in [-0.25, -0.2) is 4.57 Å². The molecule has 0 aromatic rings. The molecule has 344 valence electrons. The van der Waals surface area contributed by atoms with Crippen molar-refractivity contribution in [3.8, 4) is 0 Å². The third-order valence-electron chi connectivity index (χ3n) is 10.5. The summed E-state index contributed by atoms with van der Waals surface area (Å²) in [5, 5.41) is 50.1. The van der Waals surface area contributed by atoms with Crippen molar-refractivity contribution >= 4 is 19.8 Å². The van der Waals surface area contributed by atoms with E-state index in [9.17, 15) is 44.6 Å². The fourth-order valence-corrected chi connectivity index (χ4v) is 7.68. The summed E-state index contributed by atoms with van der Waals surface area (Å²) in [6.07, 6.45) is 26.3. The average Bonchev–Trinajstić information content (AvgIpc) is 3.21. The number of carbonyl (C=O) groups excluding carboxylic acids is 2. The predicted octanol–water partition coefficient (Wildman–Crippen LogP) is 8.61. The molecule has 0 aromatic carbocycles. The number of hydrogen-bond donors (Lipinski definition) is 6. The average molecular weight is 861 g/mol. The molecule has 8 atom stereocenters. The summed E-state index contributed by atoms with van der Waals surface area (Å²) in [4.78, 5) is 35.6. The molecule has 0 spiro atoms. The van der Waals surface area contributed by atoms with Crippen LogP contribution in [0.25, 0.3) is 0 Å². The summed E-state index contributed by atoms with van der Waals surface area (Å²) in [7, 11) is -5.12. The van der Waals surface area contributed by atoms with E-state index in [1.54, 1.807) is 0 Å². The molecule has 0 saturated heterocycles. The third-order valence-corrected chi connectivity index (χ3v) is 11.4. The number of aliphatic hydroxyl groups excluding tert-OH is 5. The molecule has 0 radical (unpaired) electrons. The summed E-state index contributed by atoms with van der Waals surface area (Å²) < 4.78 is 33.5. The van der Waals surface area contributed by atoms with E-state index < -0.39 is 75.7 Å². The quantitative estimate of drug-likeness (QED) is 0.0150. The van der Waals surface area contributed by atoms with Crippen molar-refractivity contribution in [2.45, 2.75) is 224 Å². The van der Waals surface area contributed by atoms with Gasteiger partial charge >= 0.3 is 19.8 Å². The number of aliphatic hydroxyl groups is 5. The molecule has 6 N–H and O–H groups in total. The molecule has 59 heavy (non-hydrogen) atoms. The second-order valence-corrected chi connectivity index (χ2v) is 17.3. The molecule has 1 fully saturated rings. The number of unbranched alkanes of at least 4 members (excludes halogenated alkanes) is 19. The minimum Gasteiger partial charge on any atom is -0.462 e. The van der Waals surface area contributed by atoms with Crippen LogP contribution in [-0.2, 0) is 32.7 Å². The largest absolute Gasteiger partial charge is 0.472 e. The number of carbonyl (C=O) groups is 2. The van der Waals surface area contributed by atoms with Crippen LogP contribution in [0.5, 0.6) is 0 Å². The van der Waals surface area contributed by atoms with E-state index in [2.05, 4.69) is 50.3 Å². The summed E-state index contributed by atoms with van der Waals surface area (Å²) in [6, 6.07) is 0. The lowest BCUT2D eigenvalue weighted by Crippen LogP contribution is -2.64. The van der Waals surface area contributed by atoms with E-state index in [0.717, 1.165) is 77.0 Å². The van der Waals surface area contributed by atoms with Crippen molar-refractivity contribution in [1.82, 2.24) is 0 Å². The van der Waals surface area contributed by atoms with E-state index in [1.165, 1.54) is 64.2 Å². The minimum absolute atomic E-state index is 0.0903. The molecule has 1 rings (SSSR count). The third kappa shape index (κ3) is 28.3. The number of esters is 2. The van der Waals surface area contributed by atoms with Crippen molar-refractivity contribution in [2.24, 2.45) is 0 Å². The maximum atomic E-state index is 12.8. The Balaban J connectivity index is 2.45. The number of ether oxygens (including phenoxy) is 2. The standard InChI is InChI=1S/C45H81O13P/c1-3-5-7-9-11-13-15-16-17-18-19-20-21-22-24-26-28-30-32-34-39(47)57-37(35-55-38(46)33-31-29-27-25-23-14-12-10-8-6-4-2)36-56-59(53,54)58-45-43(51)41(49)40(48)42(50)44(45)52/h10-13,16-17,37,40-45,48-52H,3-9,14-15,18-36H2,1-2H3,(H,53,54)/b12-10-,13-11-,17-16-/t37-,40?,41-,42?,43?,44?,45?/m1/s1. The van der Waals surface area contributed by atoms with Gasteiger partial charge in [-0.3, -0.25) is 18.6 Å². The first-order valence-corrected chi connectivity index (χ1v) is 24.3. The topological polar surface area (TPSA) is 210 Å². The number of allylic oxidation sites excluding steroid dienone is 6. The van der Waals surface area contributed by atoms with Crippen LogP contribution in [0, 0.1) is 0 Å². The van der Waals surface area contributed by atoms with Gasteiger partial charge in [0.25, 0.3) is 0 Å². The van der Waals surface area contributed by atoms with Gasteiger partial charge in [-0.15, -0.1) is 0 Å². The second-order valence-electron chi connectivity index (χ2n) is 15.9. The zero-order valence-electron chi connectivity index (χ0n) is 36.3. The zero-order chi connectivity index (χ0) is 43.6. The lowest BCUT2D eigenvalue weighted by Gasteiger charge is -2.41. The molecule has 13 nitrogen and oxygen atoms in total. The highest BCUT2D eigenvalue weighted by atomic mass is 31.2. The van der Waals surface area contributed by atoms with Gasteiger partial charge in [0, 0.05) is 12.8 Å². The normalized spacial score (nSPS) is 22.6. The van der Waals surface area contributed by atoms with Gasteiger partial charge in [-0.2, -0.15) is 0 Å². The summed E-state index contributed by atoms with van der Waals surface area (Å²) in [5.41, 5.74) is 0. The van der Waals surface area contributed by atoms with Crippen molar-refractivity contribution in [2.75, 3.05) is 13.2 Å². The number of phosphoric acid groups is 1. The van der Waals surface area contributed by atoms with Crippen LogP contribution in [-0.4, -0.2) is 98.3 Å². The Kier molecular flexibility index (Phi) is 33.3. The highest BCUT2D eigenvalue weighted by Crippen LogP contribution is 2.47. The maximum absolute atomic E-state index is 12.8. The molecule has 0 aromatic heterocycles. The Hall–Kier alpha value is -1.93. The van der Waals surface area contributed by atoms with Gasteiger partial charge in [0.2, 0.25) is 0 Å². The van der Waals surface area contributed by atoms with Crippen molar-refractivity contribution in [3.63, 3.8) is 0 Å². The predicted molar refractivity (Wildman–Crippen MR) is 230 cm³/mol. The summed E-state index contributed by atoms with van der Waals surface area (Å²) in [5.74, 6) is -1.12. The molecule has 0 bridgehead atoms. The first kappa shape index (κ1) is 55.1. The van der Waals surface area contributed by atoms with Gasteiger partial charge in [-0.05, 0) is 64.2 Å². The monoisotopic (exact) mass is 861 g/mol. The van der Waals surface area contributed by atoms with Crippen molar-refractivity contribution in [3.05, 3.63) is 36.5 Å². The van der Waals surface area contributed by atoms with Crippen LogP contribution in [0.2, 0.25) is 0 Å². The van der Waals surface area contributed by atoms with Gasteiger partial charge < -0.3 is 39.9 Å². The maximum Gasteiger partial charge on any atom is 0.472 e. The molecule has 1 aliphatic carbocycles. The van der Waals surface area contributed by atoms with E-state index in [1.807, 2.05) is 0 Å². The van der Waals surface area contributed by atoms with E-state index >= 15 is 0 Å². The van der Waals surface area contributed by atoms with Gasteiger partial charge in [0.05, 0.1) is 6.61 Å². The number of hydrogen-bond acceptors (Lipinski definition) is 12. The molecule has 1 aliphatic rings. The van der Waals surface area contributed by atoms with Gasteiger partial charge in [0.1, 0.15) is 43.2 Å². The van der Waals surface area contributed by atoms with Gasteiger partial charge in [-0.1, -0.05) is 140 Å². The van der Waals surface area contributed by atoms with Crippen molar-refractivity contribution < 1.29 is 63.1 Å². The fourth-order valence-electron chi connectivity index (χ4n) is 6.71. The molecular weight excluding hydrogens is 779 g/mol. The number of rotatable bonds is 37. The van der Waals surface area contributed by atoms with E-state index in [0.29, 0.717) is 12.8 Å². The smallest absolute Gasteiger partial charge is 0.462 e. The van der Waals surface area contributed by atoms with E-state index in [-0.39, 0.29) is 12.8 Å². The Bertz CT molecular complexity index is 1180. The molecule has 6 unspecified atom stereocenters. The van der Waals surface area contributed by atoms with Crippen LogP contribution in [0.4, 0.5) is 0 Å². The van der Waals surface area contributed by atoms with Gasteiger partial charge in [0.15, 0.2) is 6.10 Å². The lowest BCUT2D eigenvalue weighted by atomic mass is 9.85. The van der Waals surface area contributed by atoms with Crippen LogP contribution < -0.4 is 0 Å². The minimum atomic E-state index is -5.12. The lowest BCUT2D eigenvalue weighted by molar-refractivity contribution is -0.220. The Morgan fingerprint density at radius 2 is 0.932 bits per heavy atom. The van der Waals surface area contributed by atoms with Crippen LogP contribution >= 0.6 is 7.82 Å². The van der Waals surface area contributed by atoms with Crippen molar-refractivity contribution in [1.29, 1.82) is 0 Å². The molecular formula is C45H81O13P. The number of phosphoric ester groups is 1. The van der Waals surface area contributed by atoms with E-state index in [4.69, 9.17) is 18.5 Å². The molecule has 14 heteroatoms. The van der Waals surface area contributed by atoms with Crippen LogP contribution in [0.1, 0.15) is 181 Å². The van der Waals surface area contributed by atoms with Crippen LogP contribution in [0.15, 0.2) is 36.5 Å². The fraction of sp³-hybridized carbons (Fsp3) is 0.822. The Morgan fingerprint density at radius 3 is 1.44 bits per heavy atom. The summed E-state index contributed by atoms with van der Waals surface area (Å²) >= 11 is 0. The zero-order valence-corrected chi connectivity index (χ0v) is 37.2. The molecule has 0 amide bonds. The van der Waals surface area contributed by atoms with Crippen LogP contribution in [0.3, 0.4) is 0 Å². The first-order chi connectivity index (χ1) is 28.4. The Morgan fingerprint density at radius 1 is 0.525 bits per heavy atom. The molecule has 1 saturated carbocycles. The molecule has 0 aliphatic heterocycles. The summed E-state index contributed by atoms with van der Waals surface area (Å²) in [6.45, 7) is 3.22. The molecule has 0 heterocycles. The SMILES string of the molecule is CCCC/C=C\CCCCCCCC(=O)OC[C@H](COP(=O)(O)OC1C(O)C(O)C(O)[C@@H](O)C1O)OC(=O)CCCCCCCCCCC/C=C\C/C=C\CCCCC.